The molecule has 1 unspecified atom stereocenters. The predicted octanol–water partition coefficient (Wildman–Crippen LogP) is 0.0145. The Morgan fingerprint density at radius 1 is 1.69 bits per heavy atom. The van der Waals surface area contributed by atoms with Crippen molar-refractivity contribution in [2.75, 3.05) is 6.54 Å². The van der Waals surface area contributed by atoms with E-state index in [2.05, 4.69) is 20.5 Å². The molecule has 0 spiro atoms. The third-order valence-corrected chi connectivity index (χ3v) is 2.32. The molecule has 1 heterocycles. The minimum atomic E-state index is -0.324. The second-order valence-electron chi connectivity index (χ2n) is 3.63. The number of carbonyl (C=O) groups is 1. The first kappa shape index (κ1) is 12.6. The maximum absolute atomic E-state index is 11.4. The summed E-state index contributed by atoms with van der Waals surface area (Å²) >= 11 is 0. The van der Waals surface area contributed by atoms with Crippen molar-refractivity contribution in [3.63, 3.8) is 0 Å². The van der Waals surface area contributed by atoms with Gasteiger partial charge in [-0.05, 0) is 12.8 Å². The maximum atomic E-state index is 11.4. The van der Waals surface area contributed by atoms with Crippen LogP contribution >= 0.6 is 0 Å². The first-order chi connectivity index (χ1) is 7.72. The highest BCUT2D eigenvalue weighted by Crippen LogP contribution is 1.96. The average molecular weight is 226 g/mol. The van der Waals surface area contributed by atoms with Gasteiger partial charge in [-0.15, -0.1) is 0 Å². The van der Waals surface area contributed by atoms with E-state index in [1.54, 1.807) is 0 Å². The topological polar surface area (TPSA) is 90.9 Å². The van der Waals surface area contributed by atoms with Crippen LogP contribution in [0.5, 0.6) is 0 Å². The molecule has 0 bridgehead atoms. The standard InChI is InChI=1S/C10H18N4O2/c1-2-8(15)5-6-11-10(16)4-3-9-12-7-13-14-9/h7-8,15H,2-6H2,1H3,(H,11,16)(H,12,13,14). The number of carbonyl (C=O) groups excluding carboxylic acids is 1. The van der Waals surface area contributed by atoms with Crippen molar-refractivity contribution in [1.82, 2.24) is 20.5 Å². The van der Waals surface area contributed by atoms with Crippen molar-refractivity contribution in [3.05, 3.63) is 12.2 Å². The minimum absolute atomic E-state index is 0.0281. The number of hydrogen-bond acceptors (Lipinski definition) is 4. The SMILES string of the molecule is CCC(O)CCNC(=O)CCc1ncn[nH]1. The van der Waals surface area contributed by atoms with Crippen LogP contribution in [-0.4, -0.2) is 38.8 Å². The fourth-order valence-electron chi connectivity index (χ4n) is 1.25. The summed E-state index contributed by atoms with van der Waals surface area (Å²) in [5, 5.41) is 18.4. The highest BCUT2D eigenvalue weighted by Gasteiger charge is 2.05. The lowest BCUT2D eigenvalue weighted by atomic mass is 10.2. The summed E-state index contributed by atoms with van der Waals surface area (Å²) in [6, 6.07) is 0. The Labute approximate surface area is 94.5 Å². The smallest absolute Gasteiger partial charge is 0.220 e. The molecule has 6 heteroatoms. The average Bonchev–Trinajstić information content (AvgIpc) is 2.79. The lowest BCUT2D eigenvalue weighted by molar-refractivity contribution is -0.121. The Balaban J connectivity index is 2.07. The summed E-state index contributed by atoms with van der Waals surface area (Å²) in [7, 11) is 0. The van der Waals surface area contributed by atoms with E-state index in [1.165, 1.54) is 6.33 Å². The molecule has 1 aromatic rings. The second-order valence-corrected chi connectivity index (χ2v) is 3.63. The van der Waals surface area contributed by atoms with Gasteiger partial charge >= 0.3 is 0 Å². The highest BCUT2D eigenvalue weighted by atomic mass is 16.3. The zero-order valence-corrected chi connectivity index (χ0v) is 9.44. The molecule has 16 heavy (non-hydrogen) atoms. The van der Waals surface area contributed by atoms with Gasteiger partial charge in [0.2, 0.25) is 5.91 Å². The summed E-state index contributed by atoms with van der Waals surface area (Å²) in [6.45, 7) is 2.43. The van der Waals surface area contributed by atoms with Gasteiger partial charge in [0.25, 0.3) is 0 Å². The van der Waals surface area contributed by atoms with E-state index in [0.29, 0.717) is 38.1 Å². The summed E-state index contributed by atoms with van der Waals surface area (Å²) in [4.78, 5) is 15.3. The molecule has 0 saturated heterocycles. The molecule has 0 aromatic carbocycles. The van der Waals surface area contributed by atoms with E-state index in [4.69, 9.17) is 0 Å². The molecule has 0 fully saturated rings. The summed E-state index contributed by atoms with van der Waals surface area (Å²) in [5.41, 5.74) is 0. The fourth-order valence-corrected chi connectivity index (χ4v) is 1.25. The first-order valence-corrected chi connectivity index (χ1v) is 5.51. The van der Waals surface area contributed by atoms with Gasteiger partial charge in [-0.3, -0.25) is 9.89 Å². The van der Waals surface area contributed by atoms with Crippen molar-refractivity contribution >= 4 is 5.91 Å². The number of aliphatic hydroxyl groups is 1. The van der Waals surface area contributed by atoms with Crippen LogP contribution in [0.4, 0.5) is 0 Å². The second kappa shape index (κ2) is 6.95. The van der Waals surface area contributed by atoms with Crippen LogP contribution in [-0.2, 0) is 11.2 Å². The Bertz CT molecular complexity index is 300. The van der Waals surface area contributed by atoms with Gasteiger partial charge in [0.05, 0.1) is 6.10 Å². The van der Waals surface area contributed by atoms with E-state index in [-0.39, 0.29) is 12.0 Å². The van der Waals surface area contributed by atoms with Crippen LogP contribution < -0.4 is 5.32 Å². The molecular formula is C10H18N4O2. The van der Waals surface area contributed by atoms with Crippen LogP contribution in [0.15, 0.2) is 6.33 Å². The lowest BCUT2D eigenvalue weighted by Crippen LogP contribution is -2.27. The van der Waals surface area contributed by atoms with Crippen molar-refractivity contribution < 1.29 is 9.90 Å². The number of H-pyrrole nitrogens is 1. The Morgan fingerprint density at radius 2 is 2.50 bits per heavy atom. The number of hydrogen-bond donors (Lipinski definition) is 3. The maximum Gasteiger partial charge on any atom is 0.220 e. The molecule has 90 valence electrons. The molecule has 1 amide bonds. The zero-order chi connectivity index (χ0) is 11.8. The van der Waals surface area contributed by atoms with E-state index in [1.807, 2.05) is 6.92 Å². The number of nitrogens with zero attached hydrogens (tertiary/aromatic N) is 2. The minimum Gasteiger partial charge on any atom is -0.393 e. The van der Waals surface area contributed by atoms with Gasteiger partial charge in [0.1, 0.15) is 12.2 Å². The van der Waals surface area contributed by atoms with Crippen molar-refractivity contribution in [2.45, 2.75) is 38.7 Å². The Morgan fingerprint density at radius 3 is 3.12 bits per heavy atom. The van der Waals surface area contributed by atoms with Gasteiger partial charge in [-0.1, -0.05) is 6.92 Å². The van der Waals surface area contributed by atoms with Crippen molar-refractivity contribution in [2.24, 2.45) is 0 Å². The van der Waals surface area contributed by atoms with Gasteiger partial charge < -0.3 is 10.4 Å². The molecule has 0 aliphatic rings. The molecule has 1 aromatic heterocycles. The van der Waals surface area contributed by atoms with Crippen molar-refractivity contribution in [1.29, 1.82) is 0 Å². The number of rotatable bonds is 7. The van der Waals surface area contributed by atoms with Gasteiger partial charge in [-0.25, -0.2) is 4.98 Å². The zero-order valence-electron chi connectivity index (χ0n) is 9.44. The molecule has 6 nitrogen and oxygen atoms in total. The molecule has 3 N–H and O–H groups in total. The largest absolute Gasteiger partial charge is 0.393 e. The molecular weight excluding hydrogens is 208 g/mol. The van der Waals surface area contributed by atoms with Crippen LogP contribution in [0.25, 0.3) is 0 Å². The Hall–Kier alpha value is -1.43. The molecule has 0 aliphatic heterocycles. The van der Waals surface area contributed by atoms with E-state index < -0.39 is 0 Å². The number of amides is 1. The molecule has 1 atom stereocenters. The number of aliphatic hydroxyl groups excluding tert-OH is 1. The lowest BCUT2D eigenvalue weighted by Gasteiger charge is -2.08. The van der Waals surface area contributed by atoms with Crippen LogP contribution in [0.2, 0.25) is 0 Å². The molecule has 0 aliphatic carbocycles. The predicted molar refractivity (Wildman–Crippen MR) is 58.6 cm³/mol. The van der Waals surface area contributed by atoms with E-state index >= 15 is 0 Å². The number of aromatic nitrogens is 3. The van der Waals surface area contributed by atoms with E-state index in [9.17, 15) is 9.90 Å². The van der Waals surface area contributed by atoms with Gasteiger partial charge in [0.15, 0.2) is 0 Å². The quantitative estimate of drug-likeness (QED) is 0.611. The van der Waals surface area contributed by atoms with Crippen LogP contribution in [0, 0.1) is 0 Å². The number of nitrogens with one attached hydrogen (secondary N) is 2. The third kappa shape index (κ3) is 4.88. The molecule has 0 saturated carbocycles. The van der Waals surface area contributed by atoms with Crippen molar-refractivity contribution in [3.8, 4) is 0 Å². The van der Waals surface area contributed by atoms with Gasteiger partial charge in [-0.2, -0.15) is 5.10 Å². The molecule has 0 radical (unpaired) electrons. The normalized spacial score (nSPS) is 12.4. The van der Waals surface area contributed by atoms with Gasteiger partial charge in [0, 0.05) is 19.4 Å². The number of aryl methyl sites for hydroxylation is 1. The summed E-state index contributed by atoms with van der Waals surface area (Å²) in [6.07, 6.45) is 3.36. The number of aromatic amines is 1. The highest BCUT2D eigenvalue weighted by molar-refractivity contribution is 5.75. The molecule has 1 rings (SSSR count). The fraction of sp³-hybridized carbons (Fsp3) is 0.700. The monoisotopic (exact) mass is 226 g/mol. The summed E-state index contributed by atoms with van der Waals surface area (Å²) in [5.74, 6) is 0.684. The van der Waals surface area contributed by atoms with Crippen LogP contribution in [0.1, 0.15) is 32.0 Å². The Kier molecular flexibility index (Phi) is 5.49. The third-order valence-electron chi connectivity index (χ3n) is 2.32. The summed E-state index contributed by atoms with van der Waals surface area (Å²) < 4.78 is 0. The van der Waals surface area contributed by atoms with E-state index in [0.717, 1.165) is 0 Å². The first-order valence-electron chi connectivity index (χ1n) is 5.51. The van der Waals surface area contributed by atoms with Crippen LogP contribution in [0.3, 0.4) is 0 Å².